The van der Waals surface area contributed by atoms with Crippen molar-refractivity contribution in [3.05, 3.63) is 41.0 Å². The quantitative estimate of drug-likeness (QED) is 0.549. The second kappa shape index (κ2) is 8.68. The third kappa shape index (κ3) is 4.42. The van der Waals surface area contributed by atoms with Crippen molar-refractivity contribution in [2.45, 2.75) is 31.8 Å². The number of aromatic nitrogens is 1. The monoisotopic (exact) mass is 445 g/mol. The number of hydrogen-bond donors (Lipinski definition) is 2. The van der Waals surface area contributed by atoms with Gasteiger partial charge in [0.25, 0.3) is 0 Å². The van der Waals surface area contributed by atoms with E-state index >= 15 is 0 Å². The minimum Gasteiger partial charge on any atom is -0.397 e. The number of pyridine rings is 1. The van der Waals surface area contributed by atoms with Gasteiger partial charge in [0.15, 0.2) is 0 Å². The molecule has 2 aromatic rings. The van der Waals surface area contributed by atoms with Gasteiger partial charge in [-0.25, -0.2) is 4.98 Å². The molecule has 1 atom stereocenters. The van der Waals surface area contributed by atoms with Gasteiger partial charge in [-0.3, -0.25) is 4.90 Å². The Morgan fingerprint density at radius 3 is 2.71 bits per heavy atom. The van der Waals surface area contributed by atoms with E-state index in [-0.39, 0.29) is 0 Å². The first kappa shape index (κ1) is 19.5. The lowest BCUT2D eigenvalue weighted by molar-refractivity contribution is 0.0280. The molecule has 0 amide bonds. The average molecular weight is 446 g/mol. The van der Waals surface area contributed by atoms with Crippen molar-refractivity contribution in [1.82, 2.24) is 9.88 Å². The van der Waals surface area contributed by atoms with E-state index in [9.17, 15) is 0 Å². The fraction of sp³-hybridized carbons (Fsp3) is 0.476. The van der Waals surface area contributed by atoms with Gasteiger partial charge < -0.3 is 20.7 Å². The Balaban J connectivity index is 1.43. The van der Waals surface area contributed by atoms with Crippen LogP contribution in [0, 0.1) is 0 Å². The average Bonchev–Trinajstić information content (AvgIpc) is 2.69. The van der Waals surface area contributed by atoms with Crippen LogP contribution in [0.5, 0.6) is 0 Å². The predicted octanol–water partition coefficient (Wildman–Crippen LogP) is 3.86. The molecular formula is C21H28BrN5O. The molecular weight excluding hydrogens is 418 g/mol. The number of anilines is 4. The molecule has 0 saturated carbocycles. The smallest absolute Gasteiger partial charge is 0.131 e. The third-order valence-electron chi connectivity index (χ3n) is 5.69. The molecule has 2 fully saturated rings. The largest absolute Gasteiger partial charge is 0.397 e. The first-order chi connectivity index (χ1) is 13.6. The summed E-state index contributed by atoms with van der Waals surface area (Å²) in [5.74, 6) is 0.792. The van der Waals surface area contributed by atoms with Crippen LogP contribution in [0.15, 0.2) is 41.0 Å². The highest BCUT2D eigenvalue weighted by atomic mass is 79.9. The number of nitrogen functional groups attached to an aromatic ring is 1. The number of rotatable bonds is 4. The molecule has 4 rings (SSSR count). The molecule has 7 heteroatoms. The minimum absolute atomic E-state index is 0.435. The first-order valence-electron chi connectivity index (χ1n) is 9.98. The van der Waals surface area contributed by atoms with Gasteiger partial charge in [-0.2, -0.15) is 0 Å². The number of ether oxygens (including phenoxy) is 1. The standard InChI is InChI=1S/C21H28BrN5O/c1-15-14-26(17-7-11-28-12-8-17)9-10-27(15)19-6-5-16(13-18(19)23)24-21-4-2-3-20(22)25-21/h2-6,13,15,17H,7-12,14,23H2,1H3,(H,24,25)/t15-/m0/s1. The number of hydrogen-bond acceptors (Lipinski definition) is 6. The summed E-state index contributed by atoms with van der Waals surface area (Å²) in [4.78, 5) is 9.49. The van der Waals surface area contributed by atoms with Crippen LogP contribution < -0.4 is 16.0 Å². The Kier molecular flexibility index (Phi) is 6.04. The molecule has 6 nitrogen and oxygen atoms in total. The lowest BCUT2D eigenvalue weighted by Crippen LogP contribution is -2.56. The summed E-state index contributed by atoms with van der Waals surface area (Å²) < 4.78 is 6.32. The Bertz CT molecular complexity index is 811. The molecule has 2 saturated heterocycles. The Morgan fingerprint density at radius 2 is 2.00 bits per heavy atom. The van der Waals surface area contributed by atoms with Gasteiger partial charge in [-0.1, -0.05) is 6.07 Å². The van der Waals surface area contributed by atoms with Crippen molar-refractivity contribution in [3.8, 4) is 0 Å². The summed E-state index contributed by atoms with van der Waals surface area (Å²) in [7, 11) is 0. The lowest BCUT2D eigenvalue weighted by Gasteiger charge is -2.45. The normalized spacial score (nSPS) is 21.6. The van der Waals surface area contributed by atoms with Crippen LogP contribution in [0.25, 0.3) is 0 Å². The molecule has 0 unspecified atom stereocenters. The van der Waals surface area contributed by atoms with Crippen molar-refractivity contribution < 1.29 is 4.74 Å². The summed E-state index contributed by atoms with van der Waals surface area (Å²) in [6.45, 7) is 7.24. The molecule has 150 valence electrons. The van der Waals surface area contributed by atoms with Crippen molar-refractivity contribution in [1.29, 1.82) is 0 Å². The molecule has 0 aliphatic carbocycles. The molecule has 0 bridgehead atoms. The fourth-order valence-electron chi connectivity index (χ4n) is 4.25. The highest BCUT2D eigenvalue weighted by Crippen LogP contribution is 2.31. The number of nitrogens with zero attached hydrogens (tertiary/aromatic N) is 3. The van der Waals surface area contributed by atoms with Gasteiger partial charge in [0.05, 0.1) is 11.4 Å². The predicted molar refractivity (Wildman–Crippen MR) is 118 cm³/mol. The minimum atomic E-state index is 0.435. The molecule has 3 N–H and O–H groups in total. The molecule has 0 radical (unpaired) electrons. The second-order valence-electron chi connectivity index (χ2n) is 7.63. The topological polar surface area (TPSA) is 66.7 Å². The molecule has 3 heterocycles. The SMILES string of the molecule is C[C@H]1CN(C2CCOCC2)CCN1c1ccc(Nc2cccc(Br)n2)cc1N. The Morgan fingerprint density at radius 1 is 1.18 bits per heavy atom. The zero-order valence-electron chi connectivity index (χ0n) is 16.3. The van der Waals surface area contributed by atoms with E-state index in [0.717, 1.165) is 73.2 Å². The number of benzene rings is 1. The summed E-state index contributed by atoms with van der Waals surface area (Å²) >= 11 is 3.40. The zero-order valence-corrected chi connectivity index (χ0v) is 17.9. The van der Waals surface area contributed by atoms with Crippen molar-refractivity contribution in [2.24, 2.45) is 0 Å². The van der Waals surface area contributed by atoms with Crippen LogP contribution in [-0.4, -0.2) is 54.8 Å². The van der Waals surface area contributed by atoms with E-state index in [1.807, 2.05) is 24.3 Å². The molecule has 0 spiro atoms. The summed E-state index contributed by atoms with van der Waals surface area (Å²) in [5.41, 5.74) is 9.29. The highest BCUT2D eigenvalue weighted by Gasteiger charge is 2.30. The molecule has 1 aromatic carbocycles. The van der Waals surface area contributed by atoms with E-state index < -0.39 is 0 Å². The maximum Gasteiger partial charge on any atom is 0.131 e. The van der Waals surface area contributed by atoms with Gasteiger partial charge in [0, 0.05) is 50.6 Å². The van der Waals surface area contributed by atoms with Crippen molar-refractivity contribution in [3.63, 3.8) is 0 Å². The van der Waals surface area contributed by atoms with E-state index in [1.54, 1.807) is 0 Å². The van der Waals surface area contributed by atoms with Gasteiger partial charge in [-0.05, 0) is 66.0 Å². The first-order valence-corrected chi connectivity index (χ1v) is 10.8. The lowest BCUT2D eigenvalue weighted by atomic mass is 10.0. The Labute approximate surface area is 175 Å². The van der Waals surface area contributed by atoms with Crippen LogP contribution in [0.1, 0.15) is 19.8 Å². The summed E-state index contributed by atoms with van der Waals surface area (Å²) in [5, 5.41) is 3.32. The summed E-state index contributed by atoms with van der Waals surface area (Å²) in [6, 6.07) is 13.1. The maximum absolute atomic E-state index is 6.43. The van der Waals surface area contributed by atoms with Gasteiger partial charge >= 0.3 is 0 Å². The van der Waals surface area contributed by atoms with Crippen molar-refractivity contribution in [2.75, 3.05) is 48.8 Å². The highest BCUT2D eigenvalue weighted by molar-refractivity contribution is 9.10. The number of halogens is 1. The fourth-order valence-corrected chi connectivity index (χ4v) is 4.59. The van der Waals surface area contributed by atoms with Crippen molar-refractivity contribution >= 4 is 38.8 Å². The molecule has 2 aliphatic rings. The van der Waals surface area contributed by atoms with Crippen LogP contribution in [-0.2, 0) is 4.74 Å². The zero-order chi connectivity index (χ0) is 19.5. The molecule has 1 aromatic heterocycles. The second-order valence-corrected chi connectivity index (χ2v) is 8.44. The summed E-state index contributed by atoms with van der Waals surface area (Å²) in [6.07, 6.45) is 2.30. The number of piperazine rings is 1. The molecule has 2 aliphatic heterocycles. The van der Waals surface area contributed by atoms with Crippen LogP contribution in [0.2, 0.25) is 0 Å². The van der Waals surface area contributed by atoms with E-state index in [0.29, 0.717) is 12.1 Å². The van der Waals surface area contributed by atoms with Gasteiger partial charge in [0.2, 0.25) is 0 Å². The number of nitrogens with one attached hydrogen (secondary N) is 1. The van der Waals surface area contributed by atoms with Crippen LogP contribution in [0.4, 0.5) is 22.9 Å². The third-order valence-corrected chi connectivity index (χ3v) is 6.13. The van der Waals surface area contributed by atoms with Gasteiger partial charge in [-0.15, -0.1) is 0 Å². The number of nitrogens with two attached hydrogens (primary N) is 1. The van der Waals surface area contributed by atoms with Crippen LogP contribution >= 0.6 is 15.9 Å². The van der Waals surface area contributed by atoms with E-state index in [1.165, 1.54) is 0 Å². The van der Waals surface area contributed by atoms with E-state index in [4.69, 9.17) is 10.5 Å². The van der Waals surface area contributed by atoms with Crippen LogP contribution in [0.3, 0.4) is 0 Å². The maximum atomic E-state index is 6.43. The molecule has 28 heavy (non-hydrogen) atoms. The van der Waals surface area contributed by atoms with Gasteiger partial charge in [0.1, 0.15) is 10.4 Å². The Hall–Kier alpha value is -1.83. The van der Waals surface area contributed by atoms with E-state index in [2.05, 4.69) is 55.1 Å².